The summed E-state index contributed by atoms with van der Waals surface area (Å²) in [5, 5.41) is 5.94. The summed E-state index contributed by atoms with van der Waals surface area (Å²) in [4.78, 5) is 11.5. The van der Waals surface area contributed by atoms with Gasteiger partial charge in [-0.1, -0.05) is 0 Å². The minimum Gasteiger partial charge on any atom is -0.353 e. The van der Waals surface area contributed by atoms with Gasteiger partial charge in [0.25, 0.3) is 0 Å². The van der Waals surface area contributed by atoms with Crippen LogP contribution < -0.4 is 10.6 Å². The van der Waals surface area contributed by atoms with Gasteiger partial charge in [0.15, 0.2) is 0 Å². The molecule has 0 aliphatic carbocycles. The predicted octanol–water partition coefficient (Wildman–Crippen LogP) is -0.322. The van der Waals surface area contributed by atoms with Crippen LogP contribution in [0.2, 0.25) is 0 Å². The molecule has 1 aliphatic rings. The molecule has 0 aromatic heterocycles. The van der Waals surface area contributed by atoms with Gasteiger partial charge in [0.1, 0.15) is 9.84 Å². The molecular formula is C10H20N2O3S. The molecule has 16 heavy (non-hydrogen) atoms. The van der Waals surface area contributed by atoms with Crippen LogP contribution in [0, 0.1) is 0 Å². The molecule has 1 aliphatic heterocycles. The van der Waals surface area contributed by atoms with Crippen molar-refractivity contribution >= 4 is 15.7 Å². The van der Waals surface area contributed by atoms with Crippen molar-refractivity contribution in [2.75, 3.05) is 18.6 Å². The largest absolute Gasteiger partial charge is 0.353 e. The second-order valence-corrected chi connectivity index (χ2v) is 6.74. The highest BCUT2D eigenvalue weighted by molar-refractivity contribution is 7.90. The van der Waals surface area contributed by atoms with Gasteiger partial charge in [-0.15, -0.1) is 0 Å². The van der Waals surface area contributed by atoms with Gasteiger partial charge in [-0.25, -0.2) is 8.42 Å². The highest BCUT2D eigenvalue weighted by Crippen LogP contribution is 2.08. The molecule has 1 rings (SSSR count). The van der Waals surface area contributed by atoms with Crippen LogP contribution in [0.1, 0.15) is 26.2 Å². The molecule has 94 valence electrons. The molecule has 0 aromatic rings. The lowest BCUT2D eigenvalue weighted by Crippen LogP contribution is -2.40. The topological polar surface area (TPSA) is 75.3 Å². The summed E-state index contributed by atoms with van der Waals surface area (Å²) >= 11 is 0. The molecule has 0 bridgehead atoms. The standard InChI is InChI=1S/C10H20N2O3S/c1-8(7-16(2,14)15)12-10(13)6-9-4-3-5-11-9/h8-9,11H,3-7H2,1-2H3,(H,12,13). The van der Waals surface area contributed by atoms with Gasteiger partial charge in [-0.3, -0.25) is 4.79 Å². The monoisotopic (exact) mass is 248 g/mol. The molecule has 2 unspecified atom stereocenters. The van der Waals surface area contributed by atoms with Gasteiger partial charge >= 0.3 is 0 Å². The van der Waals surface area contributed by atoms with Crippen LogP contribution in [-0.2, 0) is 14.6 Å². The summed E-state index contributed by atoms with van der Waals surface area (Å²) in [5.41, 5.74) is 0. The van der Waals surface area contributed by atoms with Crippen LogP contribution >= 0.6 is 0 Å². The van der Waals surface area contributed by atoms with Crippen LogP contribution in [0.4, 0.5) is 0 Å². The van der Waals surface area contributed by atoms with E-state index in [4.69, 9.17) is 0 Å². The number of nitrogens with one attached hydrogen (secondary N) is 2. The molecule has 2 N–H and O–H groups in total. The number of amides is 1. The first kappa shape index (κ1) is 13.4. The highest BCUT2D eigenvalue weighted by Gasteiger charge is 2.19. The first-order valence-electron chi connectivity index (χ1n) is 5.57. The summed E-state index contributed by atoms with van der Waals surface area (Å²) < 4.78 is 22.0. The highest BCUT2D eigenvalue weighted by atomic mass is 32.2. The number of sulfone groups is 1. The molecule has 0 spiro atoms. The Labute approximate surface area is 96.9 Å². The van der Waals surface area contributed by atoms with E-state index in [0.717, 1.165) is 19.4 Å². The summed E-state index contributed by atoms with van der Waals surface area (Å²) in [7, 11) is -3.03. The quantitative estimate of drug-likeness (QED) is 0.699. The van der Waals surface area contributed by atoms with Crippen molar-refractivity contribution in [2.24, 2.45) is 0 Å². The van der Waals surface area contributed by atoms with Crippen LogP contribution in [0.25, 0.3) is 0 Å². The lowest BCUT2D eigenvalue weighted by atomic mass is 10.1. The summed E-state index contributed by atoms with van der Waals surface area (Å²) in [6.07, 6.45) is 3.74. The average molecular weight is 248 g/mol. The third kappa shape index (κ3) is 5.46. The van der Waals surface area contributed by atoms with E-state index in [-0.39, 0.29) is 23.7 Å². The fourth-order valence-electron chi connectivity index (χ4n) is 1.98. The summed E-state index contributed by atoms with van der Waals surface area (Å²) in [6, 6.07) is -0.0608. The Hall–Kier alpha value is -0.620. The zero-order chi connectivity index (χ0) is 12.2. The Morgan fingerprint density at radius 3 is 2.75 bits per heavy atom. The Balaban J connectivity index is 2.27. The number of hydrogen-bond acceptors (Lipinski definition) is 4. The molecule has 1 saturated heterocycles. The van der Waals surface area contributed by atoms with Crippen molar-refractivity contribution in [1.82, 2.24) is 10.6 Å². The van der Waals surface area contributed by atoms with Crippen LogP contribution in [0.15, 0.2) is 0 Å². The van der Waals surface area contributed by atoms with E-state index in [9.17, 15) is 13.2 Å². The normalized spacial score (nSPS) is 23.0. The maximum Gasteiger partial charge on any atom is 0.221 e. The first-order valence-corrected chi connectivity index (χ1v) is 7.63. The number of hydrogen-bond donors (Lipinski definition) is 2. The Bertz CT molecular complexity index is 334. The SMILES string of the molecule is CC(CS(C)(=O)=O)NC(=O)CC1CCCN1. The minimum absolute atomic E-state index is 0.00314. The van der Waals surface area contributed by atoms with E-state index in [1.807, 2.05) is 0 Å². The van der Waals surface area contributed by atoms with Crippen molar-refractivity contribution in [3.05, 3.63) is 0 Å². The van der Waals surface area contributed by atoms with Gasteiger partial charge in [0.2, 0.25) is 5.91 Å². The minimum atomic E-state index is -3.03. The van der Waals surface area contributed by atoms with E-state index >= 15 is 0 Å². The van der Waals surface area contributed by atoms with Crippen LogP contribution in [0.3, 0.4) is 0 Å². The molecule has 1 amide bonds. The van der Waals surface area contributed by atoms with E-state index in [1.165, 1.54) is 6.26 Å². The molecule has 0 aromatic carbocycles. The third-order valence-electron chi connectivity index (χ3n) is 2.55. The molecule has 0 saturated carbocycles. The summed E-state index contributed by atoms with van der Waals surface area (Å²) in [5.74, 6) is -0.0767. The Morgan fingerprint density at radius 2 is 2.25 bits per heavy atom. The zero-order valence-corrected chi connectivity index (χ0v) is 10.6. The lowest BCUT2D eigenvalue weighted by Gasteiger charge is -2.15. The second kappa shape index (κ2) is 5.63. The molecule has 0 radical (unpaired) electrons. The molecule has 1 fully saturated rings. The summed E-state index contributed by atoms with van der Waals surface area (Å²) in [6.45, 7) is 2.68. The van der Waals surface area contributed by atoms with Crippen LogP contribution in [-0.4, -0.2) is 45.0 Å². The smallest absolute Gasteiger partial charge is 0.221 e. The third-order valence-corrected chi connectivity index (χ3v) is 3.66. The molecule has 1 heterocycles. The second-order valence-electron chi connectivity index (χ2n) is 4.56. The number of carbonyl (C=O) groups is 1. The van der Waals surface area contributed by atoms with Gasteiger partial charge in [-0.2, -0.15) is 0 Å². The van der Waals surface area contributed by atoms with Crippen molar-refractivity contribution in [1.29, 1.82) is 0 Å². The lowest BCUT2D eigenvalue weighted by molar-refractivity contribution is -0.121. The van der Waals surface area contributed by atoms with E-state index in [2.05, 4.69) is 10.6 Å². The molecule has 6 heteroatoms. The van der Waals surface area contributed by atoms with E-state index < -0.39 is 9.84 Å². The van der Waals surface area contributed by atoms with E-state index in [1.54, 1.807) is 6.92 Å². The van der Waals surface area contributed by atoms with Gasteiger partial charge < -0.3 is 10.6 Å². The van der Waals surface area contributed by atoms with Crippen molar-refractivity contribution in [2.45, 2.75) is 38.3 Å². The van der Waals surface area contributed by atoms with Crippen molar-refractivity contribution in [3.8, 4) is 0 Å². The molecule has 5 nitrogen and oxygen atoms in total. The molecule has 2 atom stereocenters. The first-order chi connectivity index (χ1) is 7.37. The van der Waals surface area contributed by atoms with Crippen molar-refractivity contribution < 1.29 is 13.2 Å². The molecular weight excluding hydrogens is 228 g/mol. The maximum absolute atomic E-state index is 11.5. The fourth-order valence-corrected chi connectivity index (χ4v) is 2.98. The number of rotatable bonds is 5. The van der Waals surface area contributed by atoms with Gasteiger partial charge in [-0.05, 0) is 26.3 Å². The van der Waals surface area contributed by atoms with E-state index in [0.29, 0.717) is 6.42 Å². The Morgan fingerprint density at radius 1 is 1.56 bits per heavy atom. The Kier molecular flexibility index (Phi) is 4.73. The van der Waals surface area contributed by atoms with Gasteiger partial charge in [0, 0.05) is 24.8 Å². The maximum atomic E-state index is 11.5. The fraction of sp³-hybridized carbons (Fsp3) is 0.900. The van der Waals surface area contributed by atoms with Crippen molar-refractivity contribution in [3.63, 3.8) is 0 Å². The zero-order valence-electron chi connectivity index (χ0n) is 9.82. The average Bonchev–Trinajstić information content (AvgIpc) is 2.51. The predicted molar refractivity (Wildman–Crippen MR) is 63.0 cm³/mol. The number of carbonyl (C=O) groups excluding carboxylic acids is 1. The van der Waals surface area contributed by atoms with Gasteiger partial charge in [0.05, 0.1) is 5.75 Å². The van der Waals surface area contributed by atoms with Crippen LogP contribution in [0.5, 0.6) is 0 Å².